The number of hydrogen-bond donors (Lipinski definition) is 2. The van der Waals surface area contributed by atoms with Gasteiger partial charge in [-0.1, -0.05) is 11.3 Å². The Bertz CT molecular complexity index is 776. The molecule has 1 aromatic carbocycles. The highest BCUT2D eigenvalue weighted by molar-refractivity contribution is 7.80. The second-order valence-corrected chi connectivity index (χ2v) is 7.43. The van der Waals surface area contributed by atoms with Crippen LogP contribution in [0.15, 0.2) is 24.4 Å². The third-order valence-corrected chi connectivity index (χ3v) is 4.53. The minimum absolute atomic E-state index is 0.0671. The Morgan fingerprint density at radius 1 is 1.39 bits per heavy atom. The van der Waals surface area contributed by atoms with Gasteiger partial charge in [-0.05, 0) is 43.9 Å². The lowest BCUT2D eigenvalue weighted by molar-refractivity contribution is -0.169. The summed E-state index contributed by atoms with van der Waals surface area (Å²) in [5.74, 6) is 0. The second-order valence-electron chi connectivity index (χ2n) is 6.66. The van der Waals surface area contributed by atoms with E-state index in [9.17, 15) is 13.2 Å². The maximum atomic E-state index is 13.5. The van der Waals surface area contributed by atoms with Crippen molar-refractivity contribution < 1.29 is 22.6 Å². The molecule has 1 aliphatic heterocycles. The lowest BCUT2D eigenvalue weighted by atomic mass is 10.1. The smallest absolute Gasteiger partial charge is 0.353 e. The third kappa shape index (κ3) is 5.69. The van der Waals surface area contributed by atoms with E-state index in [1.807, 2.05) is 0 Å². The van der Waals surface area contributed by atoms with Crippen molar-refractivity contribution in [2.75, 3.05) is 6.61 Å². The number of nitrogens with zero attached hydrogens (tertiary/aromatic N) is 3. The van der Waals surface area contributed by atoms with E-state index in [2.05, 4.69) is 28.3 Å². The van der Waals surface area contributed by atoms with Crippen molar-refractivity contribution in [2.24, 2.45) is 0 Å². The summed E-state index contributed by atoms with van der Waals surface area (Å²) in [7, 11) is 0. The SMILES string of the molecule is CC(S)NCc1ccc(-n2cc(COC3CCCCO3)nn2)cc1C(F)(F)F. The molecule has 1 N–H and O–H groups in total. The van der Waals surface area contributed by atoms with E-state index >= 15 is 0 Å². The molecule has 0 radical (unpaired) electrons. The van der Waals surface area contributed by atoms with Gasteiger partial charge in [0.15, 0.2) is 6.29 Å². The maximum Gasteiger partial charge on any atom is 0.416 e. The Morgan fingerprint density at radius 2 is 2.21 bits per heavy atom. The van der Waals surface area contributed by atoms with E-state index in [0.717, 1.165) is 25.3 Å². The molecule has 0 aliphatic carbocycles. The van der Waals surface area contributed by atoms with Gasteiger partial charge in [0, 0.05) is 18.5 Å². The van der Waals surface area contributed by atoms with Crippen molar-refractivity contribution in [3.63, 3.8) is 0 Å². The van der Waals surface area contributed by atoms with Crippen LogP contribution in [-0.4, -0.2) is 33.3 Å². The first-order valence-corrected chi connectivity index (χ1v) is 9.61. The molecule has 2 aromatic rings. The number of benzene rings is 1. The molecule has 0 spiro atoms. The van der Waals surface area contributed by atoms with Crippen LogP contribution < -0.4 is 5.32 Å². The molecule has 28 heavy (non-hydrogen) atoms. The molecule has 1 aromatic heterocycles. The zero-order valence-corrected chi connectivity index (χ0v) is 16.3. The van der Waals surface area contributed by atoms with Crippen LogP contribution in [-0.2, 0) is 28.8 Å². The molecule has 3 rings (SSSR count). The molecule has 0 saturated carbocycles. The number of aromatic nitrogens is 3. The number of nitrogens with one attached hydrogen (secondary N) is 1. The normalized spacial score (nSPS) is 19.0. The molecule has 10 heteroatoms. The molecule has 1 saturated heterocycles. The highest BCUT2D eigenvalue weighted by Gasteiger charge is 2.33. The lowest BCUT2D eigenvalue weighted by Gasteiger charge is -2.22. The van der Waals surface area contributed by atoms with Gasteiger partial charge in [-0.3, -0.25) is 0 Å². The average molecular weight is 416 g/mol. The summed E-state index contributed by atoms with van der Waals surface area (Å²) >= 11 is 4.14. The summed E-state index contributed by atoms with van der Waals surface area (Å²) in [6, 6.07) is 4.10. The van der Waals surface area contributed by atoms with Crippen LogP contribution in [0.5, 0.6) is 0 Å². The van der Waals surface area contributed by atoms with Gasteiger partial charge >= 0.3 is 6.18 Å². The molecule has 2 heterocycles. The lowest BCUT2D eigenvalue weighted by Crippen LogP contribution is -2.22. The Kier molecular flexibility index (Phi) is 6.97. The van der Waals surface area contributed by atoms with Crippen molar-refractivity contribution in [1.29, 1.82) is 0 Å². The van der Waals surface area contributed by atoms with Crippen LogP contribution in [0.2, 0.25) is 0 Å². The number of hydrogen-bond acceptors (Lipinski definition) is 6. The molecule has 2 unspecified atom stereocenters. The van der Waals surface area contributed by atoms with Crippen LogP contribution >= 0.6 is 12.6 Å². The molecule has 1 fully saturated rings. The van der Waals surface area contributed by atoms with Crippen molar-refractivity contribution in [1.82, 2.24) is 20.3 Å². The van der Waals surface area contributed by atoms with Crippen molar-refractivity contribution >= 4 is 12.6 Å². The average Bonchev–Trinajstić information content (AvgIpc) is 3.14. The quantitative estimate of drug-likeness (QED) is 0.533. The van der Waals surface area contributed by atoms with Crippen LogP contribution in [0.1, 0.15) is 43.0 Å². The summed E-state index contributed by atoms with van der Waals surface area (Å²) in [5, 5.41) is 10.6. The monoisotopic (exact) mass is 416 g/mol. The number of thiol groups is 1. The first-order valence-electron chi connectivity index (χ1n) is 9.09. The summed E-state index contributed by atoms with van der Waals surface area (Å²) in [6.45, 7) is 2.68. The van der Waals surface area contributed by atoms with E-state index < -0.39 is 11.7 Å². The molecule has 0 bridgehead atoms. The number of ether oxygens (including phenoxy) is 2. The van der Waals surface area contributed by atoms with Gasteiger partial charge in [-0.15, -0.1) is 5.10 Å². The van der Waals surface area contributed by atoms with Gasteiger partial charge in [-0.25, -0.2) is 4.68 Å². The van der Waals surface area contributed by atoms with Crippen LogP contribution in [0.3, 0.4) is 0 Å². The summed E-state index contributed by atoms with van der Waals surface area (Å²) in [4.78, 5) is 0. The Balaban J connectivity index is 1.73. The highest BCUT2D eigenvalue weighted by atomic mass is 32.1. The molecular weight excluding hydrogens is 393 g/mol. The largest absolute Gasteiger partial charge is 0.416 e. The van der Waals surface area contributed by atoms with Crippen LogP contribution in [0.4, 0.5) is 13.2 Å². The summed E-state index contributed by atoms with van der Waals surface area (Å²) in [5.41, 5.74) is 0.241. The van der Waals surface area contributed by atoms with Gasteiger partial charge in [0.25, 0.3) is 0 Å². The zero-order chi connectivity index (χ0) is 20.1. The molecule has 2 atom stereocenters. The van der Waals surface area contributed by atoms with Crippen LogP contribution in [0.25, 0.3) is 5.69 Å². The fraction of sp³-hybridized carbons (Fsp3) is 0.556. The summed E-state index contributed by atoms with van der Waals surface area (Å²) < 4.78 is 52.9. The predicted octanol–water partition coefficient (Wildman–Crippen LogP) is 3.69. The first-order chi connectivity index (χ1) is 13.3. The minimum Gasteiger partial charge on any atom is -0.353 e. The van der Waals surface area contributed by atoms with Crippen molar-refractivity contribution in [2.45, 2.75) is 57.2 Å². The van der Waals surface area contributed by atoms with E-state index in [4.69, 9.17) is 9.47 Å². The Labute approximate surface area is 166 Å². The zero-order valence-electron chi connectivity index (χ0n) is 15.4. The molecule has 154 valence electrons. The molecule has 6 nitrogen and oxygen atoms in total. The Morgan fingerprint density at radius 3 is 2.89 bits per heavy atom. The van der Waals surface area contributed by atoms with Gasteiger partial charge in [0.1, 0.15) is 5.69 Å². The topological polar surface area (TPSA) is 61.2 Å². The maximum absolute atomic E-state index is 13.5. The first kappa shape index (κ1) is 21.1. The Hall–Kier alpha value is -1.62. The second kappa shape index (κ2) is 9.25. The van der Waals surface area contributed by atoms with Crippen molar-refractivity contribution in [3.8, 4) is 5.69 Å². The number of halogens is 3. The fourth-order valence-corrected chi connectivity index (χ4v) is 2.99. The number of alkyl halides is 3. The van der Waals surface area contributed by atoms with Gasteiger partial charge in [-0.2, -0.15) is 25.8 Å². The van der Waals surface area contributed by atoms with Crippen molar-refractivity contribution in [3.05, 3.63) is 41.2 Å². The van der Waals surface area contributed by atoms with E-state index in [-0.39, 0.29) is 36.1 Å². The predicted molar refractivity (Wildman–Crippen MR) is 100 cm³/mol. The van der Waals surface area contributed by atoms with Gasteiger partial charge in [0.05, 0.1) is 24.1 Å². The van der Waals surface area contributed by atoms with Gasteiger partial charge in [0.2, 0.25) is 0 Å². The number of rotatable bonds is 7. The fourth-order valence-electron chi connectivity index (χ4n) is 2.89. The summed E-state index contributed by atoms with van der Waals surface area (Å²) in [6.07, 6.45) is -0.287. The van der Waals surface area contributed by atoms with Crippen LogP contribution in [0, 0.1) is 0 Å². The molecule has 0 amide bonds. The standard InChI is InChI=1S/C18H23F3N4O2S/c1-12(28)22-9-13-5-6-15(8-16(13)18(19,20)21)25-10-14(23-24-25)11-27-17-4-2-3-7-26-17/h5-6,8,10,12,17,22,28H,2-4,7,9,11H2,1H3. The highest BCUT2D eigenvalue weighted by Crippen LogP contribution is 2.33. The third-order valence-electron chi connectivity index (χ3n) is 4.35. The van der Waals surface area contributed by atoms with E-state index in [0.29, 0.717) is 12.3 Å². The molecular formula is C18H23F3N4O2S. The van der Waals surface area contributed by atoms with Gasteiger partial charge < -0.3 is 14.8 Å². The molecule has 1 aliphatic rings. The van der Waals surface area contributed by atoms with E-state index in [1.165, 1.54) is 10.7 Å². The minimum atomic E-state index is -4.47. The van der Waals surface area contributed by atoms with E-state index in [1.54, 1.807) is 19.2 Å².